The molecule has 4 rings (SSSR count). The lowest BCUT2D eigenvalue weighted by Crippen LogP contribution is -2.49. The van der Waals surface area contributed by atoms with E-state index < -0.39 is 0 Å². The molecule has 2 aliphatic heterocycles. The zero-order valence-corrected chi connectivity index (χ0v) is 17.3. The molecule has 0 radical (unpaired) electrons. The van der Waals surface area contributed by atoms with Gasteiger partial charge in [-0.25, -0.2) is 0 Å². The molecular weight excluding hydrogens is 384 g/mol. The summed E-state index contributed by atoms with van der Waals surface area (Å²) in [7, 11) is 0. The van der Waals surface area contributed by atoms with Gasteiger partial charge in [0.05, 0.1) is 5.75 Å². The maximum absolute atomic E-state index is 12.6. The first-order valence-corrected chi connectivity index (χ1v) is 11.0. The van der Waals surface area contributed by atoms with Crippen molar-refractivity contribution in [1.29, 1.82) is 0 Å². The molecule has 1 saturated heterocycles. The Bertz CT molecular complexity index is 848. The molecular formula is C23H26N2O3S. The number of ether oxygens (including phenoxy) is 2. The number of thioether (sulfide) groups is 1. The number of hydrogen-bond acceptors (Lipinski definition) is 5. The summed E-state index contributed by atoms with van der Waals surface area (Å²) in [5, 5.41) is 0. The first kappa shape index (κ1) is 19.9. The molecule has 0 bridgehead atoms. The van der Waals surface area contributed by atoms with Gasteiger partial charge >= 0.3 is 0 Å². The predicted molar refractivity (Wildman–Crippen MR) is 117 cm³/mol. The smallest absolute Gasteiger partial charge is 0.233 e. The van der Waals surface area contributed by atoms with Crippen LogP contribution in [0.1, 0.15) is 5.56 Å². The van der Waals surface area contributed by atoms with Gasteiger partial charge in [-0.1, -0.05) is 42.5 Å². The van der Waals surface area contributed by atoms with Crippen molar-refractivity contribution in [1.82, 2.24) is 9.80 Å². The Labute approximate surface area is 176 Å². The molecule has 1 fully saturated rings. The molecule has 0 spiro atoms. The second-order valence-electron chi connectivity index (χ2n) is 7.09. The topological polar surface area (TPSA) is 42.0 Å². The third kappa shape index (κ3) is 5.55. The molecule has 152 valence electrons. The Kier molecular flexibility index (Phi) is 6.75. The highest BCUT2D eigenvalue weighted by atomic mass is 32.2. The van der Waals surface area contributed by atoms with Crippen LogP contribution in [0.5, 0.6) is 11.5 Å². The van der Waals surface area contributed by atoms with E-state index in [1.165, 1.54) is 5.56 Å². The summed E-state index contributed by atoms with van der Waals surface area (Å²) in [6.45, 7) is 5.50. The third-order valence-electron chi connectivity index (χ3n) is 5.07. The number of fused-ring (bicyclic) bond motifs is 1. The SMILES string of the molecule is O=C(CSc1ccc2c(c1)OCCO2)N1CCN(CC=Cc2ccccc2)CC1. The van der Waals surface area contributed by atoms with E-state index in [0.29, 0.717) is 19.0 Å². The Morgan fingerprint density at radius 2 is 1.72 bits per heavy atom. The summed E-state index contributed by atoms with van der Waals surface area (Å²) < 4.78 is 11.2. The van der Waals surface area contributed by atoms with Gasteiger partial charge in [0.25, 0.3) is 0 Å². The van der Waals surface area contributed by atoms with Crippen LogP contribution in [0, 0.1) is 0 Å². The minimum Gasteiger partial charge on any atom is -0.486 e. The van der Waals surface area contributed by atoms with Gasteiger partial charge in [0.2, 0.25) is 5.91 Å². The van der Waals surface area contributed by atoms with Crippen LogP contribution in [-0.4, -0.2) is 67.4 Å². The minimum absolute atomic E-state index is 0.198. The first-order chi connectivity index (χ1) is 14.3. The van der Waals surface area contributed by atoms with Crippen molar-refractivity contribution in [2.75, 3.05) is 51.7 Å². The predicted octanol–water partition coefficient (Wildman–Crippen LogP) is 3.41. The molecule has 0 saturated carbocycles. The molecule has 0 aromatic heterocycles. The molecule has 6 heteroatoms. The monoisotopic (exact) mass is 410 g/mol. The quantitative estimate of drug-likeness (QED) is 0.683. The summed E-state index contributed by atoms with van der Waals surface area (Å²) in [4.78, 5) is 18.0. The summed E-state index contributed by atoms with van der Waals surface area (Å²) >= 11 is 1.56. The van der Waals surface area contributed by atoms with Crippen LogP contribution in [0.15, 0.2) is 59.5 Å². The number of benzene rings is 2. The lowest BCUT2D eigenvalue weighted by atomic mass is 10.2. The van der Waals surface area contributed by atoms with Crippen molar-refractivity contribution in [3.63, 3.8) is 0 Å². The average Bonchev–Trinajstić information content (AvgIpc) is 2.78. The highest BCUT2D eigenvalue weighted by Gasteiger charge is 2.20. The standard InChI is InChI=1S/C23H26N2O3S/c26-23(18-29-20-8-9-21-22(17-20)28-16-15-27-21)25-13-11-24(12-14-25)10-4-7-19-5-2-1-3-6-19/h1-9,17H,10-16,18H2. The van der Waals surface area contributed by atoms with Gasteiger partial charge in [-0.2, -0.15) is 0 Å². The first-order valence-electron chi connectivity index (χ1n) is 10.0. The normalized spacial score (nSPS) is 16.9. The van der Waals surface area contributed by atoms with Crippen LogP contribution in [-0.2, 0) is 4.79 Å². The summed E-state index contributed by atoms with van der Waals surface area (Å²) in [6.07, 6.45) is 4.35. The van der Waals surface area contributed by atoms with E-state index >= 15 is 0 Å². The molecule has 2 aliphatic rings. The van der Waals surface area contributed by atoms with Crippen molar-refractivity contribution < 1.29 is 14.3 Å². The number of nitrogens with zero attached hydrogens (tertiary/aromatic N) is 2. The van der Waals surface area contributed by atoms with E-state index in [1.807, 2.05) is 41.3 Å². The maximum atomic E-state index is 12.6. The van der Waals surface area contributed by atoms with Gasteiger partial charge in [0.15, 0.2) is 11.5 Å². The van der Waals surface area contributed by atoms with Crippen LogP contribution in [0.2, 0.25) is 0 Å². The van der Waals surface area contributed by atoms with Crippen molar-refractivity contribution in [2.24, 2.45) is 0 Å². The Morgan fingerprint density at radius 1 is 0.966 bits per heavy atom. The van der Waals surface area contributed by atoms with E-state index in [2.05, 4.69) is 29.2 Å². The van der Waals surface area contributed by atoms with E-state index in [-0.39, 0.29) is 5.91 Å². The number of amides is 1. The van der Waals surface area contributed by atoms with Crippen LogP contribution < -0.4 is 9.47 Å². The fraction of sp³-hybridized carbons (Fsp3) is 0.348. The fourth-order valence-electron chi connectivity index (χ4n) is 3.43. The average molecular weight is 411 g/mol. The van der Waals surface area contributed by atoms with Crippen LogP contribution in [0.3, 0.4) is 0 Å². The van der Waals surface area contributed by atoms with Gasteiger partial charge in [-0.05, 0) is 23.8 Å². The minimum atomic E-state index is 0.198. The molecule has 2 aromatic rings. The van der Waals surface area contributed by atoms with Gasteiger partial charge in [-0.3, -0.25) is 9.69 Å². The van der Waals surface area contributed by atoms with Gasteiger partial charge in [0.1, 0.15) is 13.2 Å². The third-order valence-corrected chi connectivity index (χ3v) is 6.05. The summed E-state index contributed by atoms with van der Waals surface area (Å²) in [6, 6.07) is 16.2. The van der Waals surface area contributed by atoms with Crippen molar-refractivity contribution in [3.8, 4) is 11.5 Å². The largest absolute Gasteiger partial charge is 0.486 e. The molecule has 0 unspecified atom stereocenters. The number of piperazine rings is 1. The lowest BCUT2D eigenvalue weighted by molar-refractivity contribution is -0.129. The van der Waals surface area contributed by atoms with Gasteiger partial charge < -0.3 is 14.4 Å². The van der Waals surface area contributed by atoms with Crippen molar-refractivity contribution >= 4 is 23.7 Å². The number of carbonyl (C=O) groups is 1. The molecule has 2 heterocycles. The second kappa shape index (κ2) is 9.85. The van der Waals surface area contributed by atoms with E-state index in [4.69, 9.17) is 9.47 Å². The van der Waals surface area contributed by atoms with Crippen LogP contribution in [0.25, 0.3) is 6.08 Å². The molecule has 0 aliphatic carbocycles. The number of rotatable bonds is 6. The van der Waals surface area contributed by atoms with E-state index in [0.717, 1.165) is 49.1 Å². The molecule has 5 nitrogen and oxygen atoms in total. The maximum Gasteiger partial charge on any atom is 0.233 e. The number of carbonyl (C=O) groups excluding carboxylic acids is 1. The van der Waals surface area contributed by atoms with Gasteiger partial charge in [-0.15, -0.1) is 11.8 Å². The molecule has 1 amide bonds. The zero-order valence-electron chi connectivity index (χ0n) is 16.5. The van der Waals surface area contributed by atoms with Gasteiger partial charge in [0, 0.05) is 37.6 Å². The highest BCUT2D eigenvalue weighted by molar-refractivity contribution is 8.00. The Hall–Kier alpha value is -2.44. The number of hydrogen-bond donors (Lipinski definition) is 0. The van der Waals surface area contributed by atoms with E-state index in [9.17, 15) is 4.79 Å². The second-order valence-corrected chi connectivity index (χ2v) is 8.14. The lowest BCUT2D eigenvalue weighted by Gasteiger charge is -2.34. The summed E-state index contributed by atoms with van der Waals surface area (Å²) in [5.74, 6) is 2.20. The Balaban J connectivity index is 1.19. The van der Waals surface area contributed by atoms with E-state index in [1.54, 1.807) is 11.8 Å². The molecule has 0 N–H and O–H groups in total. The molecule has 2 aromatic carbocycles. The van der Waals surface area contributed by atoms with Crippen molar-refractivity contribution in [2.45, 2.75) is 4.90 Å². The summed E-state index contributed by atoms with van der Waals surface area (Å²) in [5.41, 5.74) is 1.22. The van der Waals surface area contributed by atoms with Crippen molar-refractivity contribution in [3.05, 3.63) is 60.2 Å². The van der Waals surface area contributed by atoms with Crippen LogP contribution in [0.4, 0.5) is 0 Å². The molecule has 0 atom stereocenters. The Morgan fingerprint density at radius 3 is 2.52 bits per heavy atom. The fourth-order valence-corrected chi connectivity index (χ4v) is 4.26. The van der Waals surface area contributed by atoms with Crippen LogP contribution >= 0.6 is 11.8 Å². The zero-order chi connectivity index (χ0) is 19.9. The molecule has 29 heavy (non-hydrogen) atoms. The highest BCUT2D eigenvalue weighted by Crippen LogP contribution is 2.34.